The Bertz CT molecular complexity index is 165. The van der Waals surface area contributed by atoms with Gasteiger partial charge in [-0.15, -0.1) is 0 Å². The Morgan fingerprint density at radius 3 is 2.50 bits per heavy atom. The van der Waals surface area contributed by atoms with Crippen LogP contribution >= 0.6 is 0 Å². The Labute approximate surface area is 86.3 Å². The molecule has 82 valence electrons. The van der Waals surface area contributed by atoms with Crippen molar-refractivity contribution in [2.24, 2.45) is 5.92 Å². The van der Waals surface area contributed by atoms with Crippen molar-refractivity contribution in [1.82, 2.24) is 10.6 Å². The van der Waals surface area contributed by atoms with Crippen LogP contribution in [0.4, 0.5) is 0 Å². The number of hydrogen-bond acceptors (Lipinski definition) is 3. The number of rotatable bonds is 5. The molecule has 0 unspecified atom stereocenters. The van der Waals surface area contributed by atoms with Crippen LogP contribution in [0, 0.1) is 5.92 Å². The van der Waals surface area contributed by atoms with E-state index in [0.717, 1.165) is 31.5 Å². The van der Waals surface area contributed by atoms with Gasteiger partial charge in [-0.25, -0.2) is 0 Å². The first kappa shape index (κ1) is 10.4. The minimum absolute atomic E-state index is 0.328. The Morgan fingerprint density at radius 2 is 1.93 bits per heavy atom. The summed E-state index contributed by atoms with van der Waals surface area (Å²) < 4.78 is 0. The third-order valence-corrected chi connectivity index (χ3v) is 3.42. The zero-order valence-electron chi connectivity index (χ0n) is 8.84. The molecule has 1 aliphatic carbocycles. The lowest BCUT2D eigenvalue weighted by molar-refractivity contribution is 0.210. The lowest BCUT2D eigenvalue weighted by Gasteiger charge is -2.31. The largest absolute Gasteiger partial charge is 0.396 e. The molecule has 1 saturated heterocycles. The molecule has 0 aromatic heterocycles. The summed E-state index contributed by atoms with van der Waals surface area (Å²) in [7, 11) is 0. The number of hydrogen-bond donors (Lipinski definition) is 3. The fourth-order valence-corrected chi connectivity index (χ4v) is 2.39. The van der Waals surface area contributed by atoms with Crippen LogP contribution in [-0.4, -0.2) is 36.9 Å². The SMILES string of the molecule is OCC[C@@H](NC1CC1)C1CCNCC1. The van der Waals surface area contributed by atoms with Gasteiger partial charge in [0, 0.05) is 18.7 Å². The quantitative estimate of drug-likeness (QED) is 0.602. The van der Waals surface area contributed by atoms with Crippen LogP contribution in [0.25, 0.3) is 0 Å². The minimum Gasteiger partial charge on any atom is -0.396 e. The van der Waals surface area contributed by atoms with E-state index in [0.29, 0.717) is 12.6 Å². The van der Waals surface area contributed by atoms with Crippen molar-refractivity contribution in [2.75, 3.05) is 19.7 Å². The van der Waals surface area contributed by atoms with Crippen molar-refractivity contribution in [2.45, 2.75) is 44.2 Å². The molecule has 1 aliphatic heterocycles. The third kappa shape index (κ3) is 2.94. The van der Waals surface area contributed by atoms with E-state index in [-0.39, 0.29) is 0 Å². The second-order valence-corrected chi connectivity index (χ2v) is 4.65. The molecule has 0 aromatic carbocycles. The second kappa shape index (κ2) is 5.10. The van der Waals surface area contributed by atoms with Crippen molar-refractivity contribution in [3.63, 3.8) is 0 Å². The van der Waals surface area contributed by atoms with Gasteiger partial charge < -0.3 is 15.7 Å². The number of nitrogens with one attached hydrogen (secondary N) is 2. The number of aliphatic hydroxyl groups is 1. The van der Waals surface area contributed by atoms with E-state index in [1.165, 1.54) is 25.7 Å². The van der Waals surface area contributed by atoms with Gasteiger partial charge in [0.15, 0.2) is 0 Å². The first-order valence-electron chi connectivity index (χ1n) is 5.98. The van der Waals surface area contributed by atoms with Gasteiger partial charge in [0.25, 0.3) is 0 Å². The molecular weight excluding hydrogens is 176 g/mol. The highest BCUT2D eigenvalue weighted by Crippen LogP contribution is 2.25. The summed E-state index contributed by atoms with van der Waals surface area (Å²) >= 11 is 0. The van der Waals surface area contributed by atoms with Gasteiger partial charge in [-0.2, -0.15) is 0 Å². The van der Waals surface area contributed by atoms with E-state index in [2.05, 4.69) is 10.6 Å². The van der Waals surface area contributed by atoms with Gasteiger partial charge in [0.2, 0.25) is 0 Å². The lowest BCUT2D eigenvalue weighted by Crippen LogP contribution is -2.43. The molecule has 3 nitrogen and oxygen atoms in total. The van der Waals surface area contributed by atoms with Crippen molar-refractivity contribution < 1.29 is 5.11 Å². The molecule has 0 aromatic rings. The standard InChI is InChI=1S/C11H22N2O/c14-8-5-11(13-10-1-2-10)9-3-6-12-7-4-9/h9-14H,1-8H2/t11-/m1/s1. The summed E-state index contributed by atoms with van der Waals surface area (Å²) in [6, 6.07) is 1.33. The van der Waals surface area contributed by atoms with Crippen LogP contribution in [0.3, 0.4) is 0 Å². The van der Waals surface area contributed by atoms with E-state index < -0.39 is 0 Å². The fourth-order valence-electron chi connectivity index (χ4n) is 2.39. The Morgan fingerprint density at radius 1 is 1.21 bits per heavy atom. The van der Waals surface area contributed by atoms with E-state index in [1.54, 1.807) is 0 Å². The summed E-state index contributed by atoms with van der Waals surface area (Å²) in [5.41, 5.74) is 0. The van der Waals surface area contributed by atoms with Crippen LogP contribution in [0.15, 0.2) is 0 Å². The smallest absolute Gasteiger partial charge is 0.0445 e. The van der Waals surface area contributed by atoms with Crippen LogP contribution < -0.4 is 10.6 Å². The van der Waals surface area contributed by atoms with Crippen LogP contribution in [-0.2, 0) is 0 Å². The average molecular weight is 198 g/mol. The average Bonchev–Trinajstić information content (AvgIpc) is 3.03. The van der Waals surface area contributed by atoms with E-state index in [4.69, 9.17) is 5.11 Å². The monoisotopic (exact) mass is 198 g/mol. The highest BCUT2D eigenvalue weighted by molar-refractivity contribution is 4.89. The molecule has 0 spiro atoms. The molecule has 1 heterocycles. The predicted octanol–water partition coefficient (Wildman–Crippen LogP) is 0.489. The van der Waals surface area contributed by atoms with Crippen molar-refractivity contribution in [3.8, 4) is 0 Å². The summed E-state index contributed by atoms with van der Waals surface area (Å²) in [5, 5.41) is 16.1. The highest BCUT2D eigenvalue weighted by atomic mass is 16.3. The van der Waals surface area contributed by atoms with E-state index >= 15 is 0 Å². The lowest BCUT2D eigenvalue weighted by atomic mass is 9.88. The summed E-state index contributed by atoms with van der Waals surface area (Å²) in [5.74, 6) is 0.781. The van der Waals surface area contributed by atoms with Crippen molar-refractivity contribution in [3.05, 3.63) is 0 Å². The Hall–Kier alpha value is -0.120. The maximum Gasteiger partial charge on any atom is 0.0445 e. The molecule has 0 amide bonds. The van der Waals surface area contributed by atoms with Crippen LogP contribution in [0.2, 0.25) is 0 Å². The molecule has 2 rings (SSSR count). The normalized spacial score (nSPS) is 26.4. The second-order valence-electron chi connectivity index (χ2n) is 4.65. The van der Waals surface area contributed by atoms with Crippen LogP contribution in [0.1, 0.15) is 32.1 Å². The van der Waals surface area contributed by atoms with Gasteiger partial charge in [0.05, 0.1) is 0 Å². The zero-order chi connectivity index (χ0) is 9.80. The third-order valence-electron chi connectivity index (χ3n) is 3.42. The van der Waals surface area contributed by atoms with E-state index in [9.17, 15) is 0 Å². The Kier molecular flexibility index (Phi) is 3.79. The topological polar surface area (TPSA) is 44.3 Å². The minimum atomic E-state index is 0.328. The van der Waals surface area contributed by atoms with Crippen LogP contribution in [0.5, 0.6) is 0 Å². The summed E-state index contributed by atoms with van der Waals surface area (Å²) in [6.45, 7) is 2.63. The van der Waals surface area contributed by atoms with Gasteiger partial charge >= 0.3 is 0 Å². The molecule has 3 heteroatoms. The fraction of sp³-hybridized carbons (Fsp3) is 1.00. The molecule has 2 fully saturated rings. The van der Waals surface area contributed by atoms with E-state index in [1.807, 2.05) is 0 Å². The van der Waals surface area contributed by atoms with Crippen molar-refractivity contribution in [1.29, 1.82) is 0 Å². The number of piperidine rings is 1. The molecular formula is C11H22N2O. The molecule has 0 radical (unpaired) electrons. The molecule has 1 saturated carbocycles. The first-order chi connectivity index (χ1) is 6.90. The van der Waals surface area contributed by atoms with Crippen molar-refractivity contribution >= 4 is 0 Å². The maximum absolute atomic E-state index is 9.04. The maximum atomic E-state index is 9.04. The zero-order valence-corrected chi connectivity index (χ0v) is 8.84. The molecule has 14 heavy (non-hydrogen) atoms. The van der Waals surface area contributed by atoms with Gasteiger partial charge in [0.1, 0.15) is 0 Å². The van der Waals surface area contributed by atoms with Gasteiger partial charge in [-0.05, 0) is 51.1 Å². The van der Waals surface area contributed by atoms with Gasteiger partial charge in [-0.1, -0.05) is 0 Å². The predicted molar refractivity (Wildman–Crippen MR) is 57.2 cm³/mol. The Balaban J connectivity index is 1.79. The first-order valence-corrected chi connectivity index (χ1v) is 5.98. The highest BCUT2D eigenvalue weighted by Gasteiger charge is 2.29. The summed E-state index contributed by atoms with van der Waals surface area (Å²) in [6.07, 6.45) is 6.15. The number of aliphatic hydroxyl groups excluding tert-OH is 1. The molecule has 2 aliphatic rings. The summed E-state index contributed by atoms with van der Waals surface area (Å²) in [4.78, 5) is 0. The van der Waals surface area contributed by atoms with Gasteiger partial charge in [-0.3, -0.25) is 0 Å². The molecule has 0 bridgehead atoms. The molecule has 3 N–H and O–H groups in total. The molecule has 1 atom stereocenters.